The van der Waals surface area contributed by atoms with Gasteiger partial charge in [-0.05, 0) is 23.8 Å². The number of hydrogen-bond donors (Lipinski definition) is 4. The van der Waals surface area contributed by atoms with E-state index in [1.165, 1.54) is 0 Å². The zero-order valence-corrected chi connectivity index (χ0v) is 14.5. The van der Waals surface area contributed by atoms with Gasteiger partial charge in [-0.3, -0.25) is 19.4 Å². The van der Waals surface area contributed by atoms with Crippen molar-refractivity contribution >= 4 is 34.1 Å². The van der Waals surface area contributed by atoms with Crippen molar-refractivity contribution in [3.05, 3.63) is 64.7 Å². The highest BCUT2D eigenvalue weighted by Gasteiger charge is 2.11. The molecule has 1 amide bonds. The van der Waals surface area contributed by atoms with Gasteiger partial charge in [0.05, 0.1) is 11.9 Å². The molecule has 0 bridgehead atoms. The van der Waals surface area contributed by atoms with Crippen LogP contribution in [0.1, 0.15) is 5.56 Å². The highest BCUT2D eigenvalue weighted by molar-refractivity contribution is 5.92. The van der Waals surface area contributed by atoms with Gasteiger partial charge in [0.2, 0.25) is 5.91 Å². The van der Waals surface area contributed by atoms with Crippen molar-refractivity contribution in [2.45, 2.75) is 6.42 Å². The maximum Gasteiger partial charge on any atom is 0.261 e. The molecular formula is C18H17N7O2. The molecule has 0 aliphatic carbocycles. The van der Waals surface area contributed by atoms with Crippen LogP contribution in [0.25, 0.3) is 10.9 Å². The van der Waals surface area contributed by atoms with Gasteiger partial charge in [0.15, 0.2) is 11.6 Å². The van der Waals surface area contributed by atoms with Crippen molar-refractivity contribution in [3.63, 3.8) is 0 Å². The Balaban J connectivity index is 1.50. The predicted octanol–water partition coefficient (Wildman–Crippen LogP) is 1.91. The predicted molar refractivity (Wildman–Crippen MR) is 102 cm³/mol. The van der Waals surface area contributed by atoms with Crippen LogP contribution in [0.3, 0.4) is 0 Å². The summed E-state index contributed by atoms with van der Waals surface area (Å²) in [4.78, 5) is 26.9. The van der Waals surface area contributed by atoms with Gasteiger partial charge < -0.3 is 15.6 Å². The Morgan fingerprint density at radius 2 is 2.15 bits per heavy atom. The van der Waals surface area contributed by atoms with Crippen LogP contribution in [0.5, 0.6) is 0 Å². The normalized spacial score (nSPS) is 10.9. The SMILES string of the molecule is Cn1ccc(NC(=O)Cc2cccc(Nc3n[nH]c4cc[nH]c(=O)c34)c2)n1. The number of rotatable bonds is 5. The van der Waals surface area contributed by atoms with Gasteiger partial charge in [-0.1, -0.05) is 12.1 Å². The van der Waals surface area contributed by atoms with Crippen LogP contribution in [-0.2, 0) is 18.3 Å². The van der Waals surface area contributed by atoms with Gasteiger partial charge in [0.1, 0.15) is 5.39 Å². The largest absolute Gasteiger partial charge is 0.338 e. The highest BCUT2D eigenvalue weighted by Crippen LogP contribution is 2.21. The average molecular weight is 363 g/mol. The Bertz CT molecular complexity index is 1170. The summed E-state index contributed by atoms with van der Waals surface area (Å²) in [5.41, 5.74) is 1.97. The molecule has 0 aliphatic heterocycles. The molecule has 3 heterocycles. The Labute approximate surface area is 153 Å². The first kappa shape index (κ1) is 16.6. The van der Waals surface area contributed by atoms with Gasteiger partial charge >= 0.3 is 0 Å². The number of carbonyl (C=O) groups excluding carboxylic acids is 1. The lowest BCUT2D eigenvalue weighted by Crippen LogP contribution is -2.15. The Hall–Kier alpha value is -3.88. The fraction of sp³-hybridized carbons (Fsp3) is 0.111. The second-order valence-corrected chi connectivity index (χ2v) is 6.09. The fourth-order valence-electron chi connectivity index (χ4n) is 2.82. The molecule has 0 fully saturated rings. The molecule has 0 radical (unpaired) electrons. The molecule has 0 aliphatic rings. The van der Waals surface area contributed by atoms with E-state index in [1.807, 2.05) is 24.3 Å². The number of fused-ring (bicyclic) bond motifs is 1. The second kappa shape index (κ2) is 6.79. The van der Waals surface area contributed by atoms with E-state index in [-0.39, 0.29) is 17.9 Å². The van der Waals surface area contributed by atoms with Crippen LogP contribution in [0, 0.1) is 0 Å². The third kappa shape index (κ3) is 3.56. The number of aromatic amines is 2. The van der Waals surface area contributed by atoms with Gasteiger partial charge in [-0.25, -0.2) is 0 Å². The first-order valence-electron chi connectivity index (χ1n) is 8.30. The standard InChI is InChI=1S/C18H17N7O2/c1-25-8-6-14(24-25)21-15(26)10-11-3-2-4-12(9-11)20-17-16-13(22-23-17)5-7-19-18(16)27/h2-9H,10H2,1H3,(H,19,27)(H2,20,22,23)(H,21,24,26). The van der Waals surface area contributed by atoms with E-state index in [4.69, 9.17) is 0 Å². The number of nitrogens with zero attached hydrogens (tertiary/aromatic N) is 3. The third-order valence-electron chi connectivity index (χ3n) is 4.02. The van der Waals surface area contributed by atoms with Gasteiger partial charge in [-0.15, -0.1) is 0 Å². The molecule has 3 aromatic heterocycles. The maximum absolute atomic E-state index is 12.2. The minimum absolute atomic E-state index is 0.160. The van der Waals surface area contributed by atoms with Crippen molar-refractivity contribution in [1.29, 1.82) is 0 Å². The lowest BCUT2D eigenvalue weighted by Gasteiger charge is -2.07. The zero-order chi connectivity index (χ0) is 18.8. The van der Waals surface area contributed by atoms with E-state index in [1.54, 1.807) is 36.3 Å². The molecular weight excluding hydrogens is 346 g/mol. The van der Waals surface area contributed by atoms with Crippen LogP contribution in [0.4, 0.5) is 17.3 Å². The van der Waals surface area contributed by atoms with Crippen molar-refractivity contribution in [3.8, 4) is 0 Å². The van der Waals surface area contributed by atoms with Crippen LogP contribution >= 0.6 is 0 Å². The second-order valence-electron chi connectivity index (χ2n) is 6.09. The van der Waals surface area contributed by atoms with E-state index < -0.39 is 0 Å². The molecule has 0 spiro atoms. The number of anilines is 3. The Morgan fingerprint density at radius 1 is 1.26 bits per heavy atom. The number of amides is 1. The number of carbonyl (C=O) groups is 1. The minimum Gasteiger partial charge on any atom is -0.338 e. The molecule has 0 saturated heterocycles. The third-order valence-corrected chi connectivity index (χ3v) is 4.02. The molecule has 4 N–H and O–H groups in total. The van der Waals surface area contributed by atoms with Crippen molar-refractivity contribution in [1.82, 2.24) is 25.0 Å². The van der Waals surface area contributed by atoms with E-state index >= 15 is 0 Å². The van der Waals surface area contributed by atoms with E-state index in [0.29, 0.717) is 22.5 Å². The number of pyridine rings is 1. The lowest BCUT2D eigenvalue weighted by atomic mass is 10.1. The van der Waals surface area contributed by atoms with Crippen LogP contribution in [0.2, 0.25) is 0 Å². The quantitative estimate of drug-likeness (QED) is 0.432. The average Bonchev–Trinajstić information content (AvgIpc) is 3.22. The number of aromatic nitrogens is 5. The van der Waals surface area contributed by atoms with E-state index in [9.17, 15) is 9.59 Å². The van der Waals surface area contributed by atoms with Gasteiger partial charge in [-0.2, -0.15) is 10.2 Å². The summed E-state index contributed by atoms with van der Waals surface area (Å²) < 4.78 is 1.62. The summed E-state index contributed by atoms with van der Waals surface area (Å²) in [6.45, 7) is 0. The topological polar surface area (TPSA) is 120 Å². The van der Waals surface area contributed by atoms with Crippen LogP contribution < -0.4 is 16.2 Å². The number of benzene rings is 1. The lowest BCUT2D eigenvalue weighted by molar-refractivity contribution is -0.115. The monoisotopic (exact) mass is 363 g/mol. The highest BCUT2D eigenvalue weighted by atomic mass is 16.1. The van der Waals surface area contributed by atoms with Crippen LogP contribution in [0.15, 0.2) is 53.6 Å². The Kier molecular flexibility index (Phi) is 4.17. The summed E-state index contributed by atoms with van der Waals surface area (Å²) in [7, 11) is 1.79. The fourth-order valence-corrected chi connectivity index (χ4v) is 2.82. The number of hydrogen-bond acceptors (Lipinski definition) is 5. The maximum atomic E-state index is 12.2. The van der Waals surface area contributed by atoms with Gasteiger partial charge in [0.25, 0.3) is 5.56 Å². The molecule has 4 rings (SSSR count). The van der Waals surface area contributed by atoms with Gasteiger partial charge in [0, 0.05) is 31.2 Å². The summed E-state index contributed by atoms with van der Waals surface area (Å²) in [6, 6.07) is 10.9. The Morgan fingerprint density at radius 3 is 2.96 bits per heavy atom. The van der Waals surface area contributed by atoms with Crippen molar-refractivity contribution in [2.24, 2.45) is 7.05 Å². The van der Waals surface area contributed by atoms with Crippen molar-refractivity contribution in [2.75, 3.05) is 10.6 Å². The zero-order valence-electron chi connectivity index (χ0n) is 14.5. The summed E-state index contributed by atoms with van der Waals surface area (Å²) in [6.07, 6.45) is 3.53. The number of H-pyrrole nitrogens is 2. The molecule has 9 nitrogen and oxygen atoms in total. The minimum atomic E-state index is -0.227. The first-order chi connectivity index (χ1) is 13.1. The summed E-state index contributed by atoms with van der Waals surface area (Å²) in [5, 5.41) is 17.4. The number of nitrogens with one attached hydrogen (secondary N) is 4. The molecule has 0 saturated carbocycles. The molecule has 0 atom stereocenters. The number of aryl methyl sites for hydroxylation is 1. The molecule has 0 unspecified atom stereocenters. The molecule has 9 heteroatoms. The molecule has 136 valence electrons. The smallest absolute Gasteiger partial charge is 0.261 e. The van der Waals surface area contributed by atoms with Crippen LogP contribution in [-0.4, -0.2) is 30.9 Å². The van der Waals surface area contributed by atoms with Crippen molar-refractivity contribution < 1.29 is 4.79 Å². The summed E-state index contributed by atoms with van der Waals surface area (Å²) >= 11 is 0. The van der Waals surface area contributed by atoms with E-state index in [2.05, 4.69) is 30.9 Å². The molecule has 27 heavy (non-hydrogen) atoms. The molecule has 1 aromatic carbocycles. The summed E-state index contributed by atoms with van der Waals surface area (Å²) in [5.74, 6) is 0.786. The molecule has 4 aromatic rings. The van der Waals surface area contributed by atoms with E-state index in [0.717, 1.165) is 11.3 Å². The first-order valence-corrected chi connectivity index (χ1v) is 8.30.